The van der Waals surface area contributed by atoms with Crippen molar-refractivity contribution in [3.8, 4) is 0 Å². The van der Waals surface area contributed by atoms with Gasteiger partial charge in [-0.15, -0.1) is 0 Å². The van der Waals surface area contributed by atoms with Crippen molar-refractivity contribution in [2.24, 2.45) is 0 Å². The summed E-state index contributed by atoms with van der Waals surface area (Å²) in [6, 6.07) is 5.61. The first-order valence-electron chi connectivity index (χ1n) is 6.84. The van der Waals surface area contributed by atoms with E-state index in [4.69, 9.17) is 0 Å². The van der Waals surface area contributed by atoms with Crippen molar-refractivity contribution in [3.05, 3.63) is 32.9 Å². The van der Waals surface area contributed by atoms with Crippen molar-refractivity contribution in [3.63, 3.8) is 0 Å². The lowest BCUT2D eigenvalue weighted by atomic mass is 10.1. The molecule has 0 bridgehead atoms. The lowest BCUT2D eigenvalue weighted by Crippen LogP contribution is -2.37. The van der Waals surface area contributed by atoms with Gasteiger partial charge in [-0.05, 0) is 41.1 Å². The fourth-order valence-corrected chi connectivity index (χ4v) is 4.33. The Bertz CT molecular complexity index is 578. The Morgan fingerprint density at radius 1 is 1.29 bits per heavy atom. The number of nitrogens with zero attached hydrogens (tertiary/aromatic N) is 1. The van der Waals surface area contributed by atoms with E-state index < -0.39 is 10.0 Å². The van der Waals surface area contributed by atoms with E-state index in [0.29, 0.717) is 18.7 Å². The minimum absolute atomic E-state index is 0.0805. The second-order valence-electron chi connectivity index (χ2n) is 4.59. The van der Waals surface area contributed by atoms with Gasteiger partial charge < -0.3 is 5.32 Å². The van der Waals surface area contributed by atoms with Crippen molar-refractivity contribution in [2.45, 2.75) is 20.8 Å². The van der Waals surface area contributed by atoms with Crippen LogP contribution in [0.25, 0.3) is 0 Å². The van der Waals surface area contributed by atoms with Crippen LogP contribution in [0.5, 0.6) is 0 Å². The van der Waals surface area contributed by atoms with E-state index in [-0.39, 0.29) is 18.2 Å². The Hall–Kier alpha value is -0.670. The average Bonchev–Trinajstić information content (AvgIpc) is 2.39. The van der Waals surface area contributed by atoms with Gasteiger partial charge in [0.05, 0.1) is 11.3 Å². The molecule has 0 spiro atoms. The Kier molecular flexibility index (Phi) is 7.08. The molecule has 0 radical (unpaired) electrons. The van der Waals surface area contributed by atoms with Crippen LogP contribution in [-0.4, -0.2) is 44.0 Å². The van der Waals surface area contributed by atoms with Gasteiger partial charge in [-0.2, -0.15) is 0 Å². The Balaban J connectivity index is 2.67. The fourth-order valence-electron chi connectivity index (χ4n) is 2.05. The SMILES string of the molecule is CCN(CC)S(=O)(=O)CCNC(=O)c1c(C)cccc1I. The van der Waals surface area contributed by atoms with E-state index in [1.165, 1.54) is 4.31 Å². The summed E-state index contributed by atoms with van der Waals surface area (Å²) in [4.78, 5) is 12.2. The highest BCUT2D eigenvalue weighted by Crippen LogP contribution is 2.16. The van der Waals surface area contributed by atoms with Crippen LogP contribution >= 0.6 is 22.6 Å². The van der Waals surface area contributed by atoms with Crippen LogP contribution in [0.1, 0.15) is 29.8 Å². The zero-order chi connectivity index (χ0) is 16.0. The molecule has 1 rings (SSSR count). The van der Waals surface area contributed by atoms with Crippen molar-refractivity contribution in [1.29, 1.82) is 0 Å². The second-order valence-corrected chi connectivity index (χ2v) is 7.84. The molecular weight excluding hydrogens is 403 g/mol. The number of hydrogen-bond acceptors (Lipinski definition) is 3. The summed E-state index contributed by atoms with van der Waals surface area (Å²) >= 11 is 2.10. The van der Waals surface area contributed by atoms with Crippen molar-refractivity contribution >= 4 is 38.5 Å². The number of carbonyl (C=O) groups excluding carboxylic acids is 1. The smallest absolute Gasteiger partial charge is 0.252 e. The number of halogens is 1. The molecule has 0 aliphatic carbocycles. The molecule has 0 aliphatic heterocycles. The largest absolute Gasteiger partial charge is 0.351 e. The minimum atomic E-state index is -3.30. The van der Waals surface area contributed by atoms with Gasteiger partial charge in [-0.25, -0.2) is 12.7 Å². The van der Waals surface area contributed by atoms with Crippen LogP contribution in [0.4, 0.5) is 0 Å². The monoisotopic (exact) mass is 424 g/mol. The van der Waals surface area contributed by atoms with Crippen LogP contribution in [0.2, 0.25) is 0 Å². The van der Waals surface area contributed by atoms with Crippen molar-refractivity contribution in [2.75, 3.05) is 25.4 Å². The first-order chi connectivity index (χ1) is 9.83. The van der Waals surface area contributed by atoms with E-state index in [1.54, 1.807) is 13.8 Å². The molecule has 1 amide bonds. The molecular formula is C14H21IN2O3S. The molecule has 0 unspecified atom stereocenters. The highest BCUT2D eigenvalue weighted by molar-refractivity contribution is 14.1. The molecule has 0 aliphatic rings. The molecule has 0 heterocycles. The first kappa shape index (κ1) is 18.4. The van der Waals surface area contributed by atoms with Gasteiger partial charge in [0.1, 0.15) is 0 Å². The van der Waals surface area contributed by atoms with Crippen molar-refractivity contribution in [1.82, 2.24) is 9.62 Å². The van der Waals surface area contributed by atoms with Gasteiger partial charge in [0.15, 0.2) is 0 Å². The van der Waals surface area contributed by atoms with Gasteiger partial charge in [0, 0.05) is 23.2 Å². The summed E-state index contributed by atoms with van der Waals surface area (Å²) < 4.78 is 26.3. The summed E-state index contributed by atoms with van der Waals surface area (Å²) in [5, 5.41) is 2.69. The third kappa shape index (κ3) is 4.93. The van der Waals surface area contributed by atoms with E-state index in [2.05, 4.69) is 27.9 Å². The highest BCUT2D eigenvalue weighted by Gasteiger charge is 2.19. The maximum Gasteiger partial charge on any atom is 0.252 e. The molecule has 0 aromatic heterocycles. The van der Waals surface area contributed by atoms with Crippen LogP contribution in [-0.2, 0) is 10.0 Å². The third-order valence-corrected chi connectivity index (χ3v) is 6.12. The second kappa shape index (κ2) is 8.09. The zero-order valence-electron chi connectivity index (χ0n) is 12.5. The molecule has 0 saturated carbocycles. The summed E-state index contributed by atoms with van der Waals surface area (Å²) in [7, 11) is -3.30. The molecule has 7 heteroatoms. The third-order valence-electron chi connectivity index (χ3n) is 3.19. The van der Waals surface area contributed by atoms with E-state index in [0.717, 1.165) is 9.13 Å². The lowest BCUT2D eigenvalue weighted by molar-refractivity contribution is 0.0954. The summed E-state index contributed by atoms with van der Waals surface area (Å²) in [6.07, 6.45) is 0. The van der Waals surface area contributed by atoms with Crippen LogP contribution < -0.4 is 5.32 Å². The van der Waals surface area contributed by atoms with Gasteiger partial charge in [-0.1, -0.05) is 26.0 Å². The van der Waals surface area contributed by atoms with E-state index in [1.807, 2.05) is 25.1 Å². The molecule has 0 fully saturated rings. The number of sulfonamides is 1. The minimum Gasteiger partial charge on any atom is -0.351 e. The van der Waals surface area contributed by atoms with E-state index >= 15 is 0 Å². The van der Waals surface area contributed by atoms with Gasteiger partial charge in [0.2, 0.25) is 10.0 Å². The van der Waals surface area contributed by atoms with Crippen LogP contribution in [0.3, 0.4) is 0 Å². The average molecular weight is 424 g/mol. The Morgan fingerprint density at radius 2 is 1.90 bits per heavy atom. The van der Waals surface area contributed by atoms with Crippen LogP contribution in [0.15, 0.2) is 18.2 Å². The van der Waals surface area contributed by atoms with Crippen LogP contribution in [0, 0.1) is 10.5 Å². The number of benzene rings is 1. The van der Waals surface area contributed by atoms with E-state index in [9.17, 15) is 13.2 Å². The molecule has 118 valence electrons. The number of rotatable bonds is 7. The molecule has 1 N–H and O–H groups in total. The maximum absolute atomic E-state index is 12.2. The van der Waals surface area contributed by atoms with Gasteiger partial charge >= 0.3 is 0 Å². The first-order valence-corrected chi connectivity index (χ1v) is 9.53. The number of carbonyl (C=O) groups is 1. The molecule has 1 aromatic carbocycles. The summed E-state index contributed by atoms with van der Waals surface area (Å²) in [5.41, 5.74) is 1.49. The number of nitrogens with one attached hydrogen (secondary N) is 1. The molecule has 1 aromatic rings. The van der Waals surface area contributed by atoms with Crippen molar-refractivity contribution < 1.29 is 13.2 Å². The standard InChI is InChI=1S/C14H21IN2O3S/c1-4-17(5-2)21(19,20)10-9-16-14(18)13-11(3)7-6-8-12(13)15/h6-8H,4-5,9-10H2,1-3H3,(H,16,18). The Morgan fingerprint density at radius 3 is 2.43 bits per heavy atom. The quantitative estimate of drug-likeness (QED) is 0.682. The number of hydrogen-bond donors (Lipinski definition) is 1. The maximum atomic E-state index is 12.2. The topological polar surface area (TPSA) is 66.5 Å². The highest BCUT2D eigenvalue weighted by atomic mass is 127. The molecule has 21 heavy (non-hydrogen) atoms. The summed E-state index contributed by atoms with van der Waals surface area (Å²) in [6.45, 7) is 6.47. The van der Waals surface area contributed by atoms with Gasteiger partial charge in [0.25, 0.3) is 5.91 Å². The summed E-state index contributed by atoms with van der Waals surface area (Å²) in [5.74, 6) is -0.310. The fraction of sp³-hybridized carbons (Fsp3) is 0.500. The predicted molar refractivity (Wildman–Crippen MR) is 92.9 cm³/mol. The normalized spacial score (nSPS) is 11.7. The lowest BCUT2D eigenvalue weighted by Gasteiger charge is -2.18. The zero-order valence-corrected chi connectivity index (χ0v) is 15.5. The number of aryl methyl sites for hydroxylation is 1. The molecule has 5 nitrogen and oxygen atoms in total. The number of amides is 1. The molecule has 0 saturated heterocycles. The predicted octanol–water partition coefficient (Wildman–Crippen LogP) is 2.00. The van der Waals surface area contributed by atoms with Gasteiger partial charge in [-0.3, -0.25) is 4.79 Å². The Labute approximate surface area is 140 Å². The molecule has 0 atom stereocenters.